The molecule has 0 fully saturated rings. The van der Waals surface area contributed by atoms with Gasteiger partial charge in [0.25, 0.3) is 5.91 Å². The van der Waals surface area contributed by atoms with E-state index in [1.54, 1.807) is 0 Å². The van der Waals surface area contributed by atoms with Gasteiger partial charge < -0.3 is 13.9 Å². The number of furan rings is 1. The van der Waals surface area contributed by atoms with Gasteiger partial charge in [-0.2, -0.15) is 0 Å². The van der Waals surface area contributed by atoms with Crippen LogP contribution in [0.3, 0.4) is 0 Å². The predicted molar refractivity (Wildman–Crippen MR) is 86.4 cm³/mol. The van der Waals surface area contributed by atoms with E-state index in [4.69, 9.17) is 13.9 Å². The van der Waals surface area contributed by atoms with E-state index >= 15 is 0 Å². The van der Waals surface area contributed by atoms with E-state index in [0.29, 0.717) is 0 Å². The Hall–Kier alpha value is -3.36. The van der Waals surface area contributed by atoms with E-state index in [0.717, 1.165) is 0 Å². The minimum atomic E-state index is -1.41. The summed E-state index contributed by atoms with van der Waals surface area (Å²) >= 11 is 0. The minimum Gasteiger partial charge on any atom is -0.476 e. The summed E-state index contributed by atoms with van der Waals surface area (Å²) in [5.74, 6) is -2.38. The maximum absolute atomic E-state index is 12.9. The lowest BCUT2D eigenvalue weighted by molar-refractivity contribution is -0.162. The van der Waals surface area contributed by atoms with Gasteiger partial charge in [-0.3, -0.25) is 20.4 Å². The number of halogens is 1. The lowest BCUT2D eigenvalue weighted by atomic mass is 10.1. The molecular formula is C17H17FN2O6. The van der Waals surface area contributed by atoms with E-state index in [1.807, 2.05) is 0 Å². The summed E-state index contributed by atoms with van der Waals surface area (Å²) < 4.78 is 28.0. The second kappa shape index (κ2) is 8.15. The summed E-state index contributed by atoms with van der Waals surface area (Å²) in [4.78, 5) is 35.3. The van der Waals surface area contributed by atoms with Gasteiger partial charge >= 0.3 is 11.9 Å². The van der Waals surface area contributed by atoms with Crippen LogP contribution in [0, 0.1) is 5.82 Å². The van der Waals surface area contributed by atoms with Crippen molar-refractivity contribution in [2.24, 2.45) is 0 Å². The second-order valence-electron chi connectivity index (χ2n) is 5.62. The Morgan fingerprint density at radius 2 is 1.81 bits per heavy atom. The van der Waals surface area contributed by atoms with Crippen LogP contribution in [0.5, 0.6) is 5.75 Å². The van der Waals surface area contributed by atoms with E-state index in [-0.39, 0.29) is 11.5 Å². The van der Waals surface area contributed by atoms with Crippen molar-refractivity contribution in [1.29, 1.82) is 0 Å². The molecule has 26 heavy (non-hydrogen) atoms. The maximum atomic E-state index is 12.9. The molecule has 0 atom stereocenters. The number of hydrazine groups is 1. The SMILES string of the molecule is CC(C)(Oc1ccc(F)cc1)C(=O)OCC(=O)NNC(=O)c1ccco1. The van der Waals surface area contributed by atoms with Crippen molar-refractivity contribution >= 4 is 17.8 Å². The number of amides is 2. The van der Waals surface area contributed by atoms with E-state index in [1.165, 1.54) is 56.5 Å². The number of benzene rings is 1. The van der Waals surface area contributed by atoms with Gasteiger partial charge in [-0.1, -0.05) is 0 Å². The fourth-order valence-corrected chi connectivity index (χ4v) is 1.78. The summed E-state index contributed by atoms with van der Waals surface area (Å²) in [7, 11) is 0. The van der Waals surface area contributed by atoms with Gasteiger partial charge in [-0.05, 0) is 50.2 Å². The molecular weight excluding hydrogens is 347 g/mol. The maximum Gasteiger partial charge on any atom is 0.350 e. The average Bonchev–Trinajstić information content (AvgIpc) is 3.14. The Labute approximate surface area is 148 Å². The number of ether oxygens (including phenoxy) is 2. The third-order valence-electron chi connectivity index (χ3n) is 3.07. The highest BCUT2D eigenvalue weighted by Crippen LogP contribution is 2.19. The number of hydrogen-bond acceptors (Lipinski definition) is 6. The van der Waals surface area contributed by atoms with Gasteiger partial charge in [0.1, 0.15) is 11.6 Å². The first-order valence-corrected chi connectivity index (χ1v) is 7.52. The van der Waals surface area contributed by atoms with Crippen LogP contribution >= 0.6 is 0 Å². The van der Waals surface area contributed by atoms with E-state index < -0.39 is 35.8 Å². The number of rotatable bonds is 6. The monoisotopic (exact) mass is 364 g/mol. The molecule has 0 aliphatic rings. The molecule has 2 rings (SSSR count). The average molecular weight is 364 g/mol. The molecule has 0 aliphatic heterocycles. The smallest absolute Gasteiger partial charge is 0.350 e. The molecule has 0 radical (unpaired) electrons. The number of carbonyl (C=O) groups is 3. The standard InChI is InChI=1S/C17H17FN2O6/c1-17(2,26-12-7-5-11(18)6-8-12)16(23)25-10-14(21)19-20-15(22)13-4-3-9-24-13/h3-9H,10H2,1-2H3,(H,19,21)(H,20,22). The Bertz CT molecular complexity index is 771. The van der Waals surface area contributed by atoms with Gasteiger partial charge in [-0.15, -0.1) is 0 Å². The van der Waals surface area contributed by atoms with Crippen LogP contribution in [-0.2, 0) is 14.3 Å². The third-order valence-corrected chi connectivity index (χ3v) is 3.07. The van der Waals surface area contributed by atoms with Crippen LogP contribution in [-0.4, -0.2) is 30.0 Å². The van der Waals surface area contributed by atoms with Crippen LogP contribution in [0.2, 0.25) is 0 Å². The lowest BCUT2D eigenvalue weighted by Crippen LogP contribution is -2.45. The molecule has 0 bridgehead atoms. The molecule has 0 saturated carbocycles. The van der Waals surface area contributed by atoms with Crippen molar-refractivity contribution in [1.82, 2.24) is 10.9 Å². The zero-order chi connectivity index (χ0) is 19.2. The molecule has 8 nitrogen and oxygen atoms in total. The van der Waals surface area contributed by atoms with Crippen molar-refractivity contribution in [2.45, 2.75) is 19.4 Å². The molecule has 1 aromatic carbocycles. The molecule has 0 unspecified atom stereocenters. The molecule has 2 N–H and O–H groups in total. The number of carbonyl (C=O) groups excluding carboxylic acids is 3. The van der Waals surface area contributed by atoms with Gasteiger partial charge in [-0.25, -0.2) is 9.18 Å². The number of nitrogens with one attached hydrogen (secondary N) is 2. The van der Waals surface area contributed by atoms with Crippen LogP contribution in [0.1, 0.15) is 24.4 Å². The highest BCUT2D eigenvalue weighted by Gasteiger charge is 2.32. The molecule has 1 heterocycles. The number of hydrogen-bond donors (Lipinski definition) is 2. The summed E-state index contributed by atoms with van der Waals surface area (Å²) in [5, 5.41) is 0. The second-order valence-corrected chi connectivity index (χ2v) is 5.62. The van der Waals surface area contributed by atoms with Crippen molar-refractivity contribution in [2.75, 3.05) is 6.61 Å². The largest absolute Gasteiger partial charge is 0.476 e. The van der Waals surface area contributed by atoms with Gasteiger partial charge in [0.15, 0.2) is 18.0 Å². The minimum absolute atomic E-state index is 0.0103. The quantitative estimate of drug-likeness (QED) is 0.595. The highest BCUT2D eigenvalue weighted by molar-refractivity contribution is 5.93. The van der Waals surface area contributed by atoms with Crippen LogP contribution in [0.15, 0.2) is 47.1 Å². The molecule has 0 aliphatic carbocycles. The summed E-state index contributed by atoms with van der Waals surface area (Å²) in [6.07, 6.45) is 1.31. The first-order chi connectivity index (χ1) is 12.3. The Morgan fingerprint density at radius 1 is 1.12 bits per heavy atom. The fourth-order valence-electron chi connectivity index (χ4n) is 1.78. The van der Waals surface area contributed by atoms with Gasteiger partial charge in [0.05, 0.1) is 6.26 Å². The predicted octanol–water partition coefficient (Wildman–Crippen LogP) is 1.58. The molecule has 9 heteroatoms. The topological polar surface area (TPSA) is 107 Å². The molecule has 2 amide bonds. The molecule has 138 valence electrons. The van der Waals surface area contributed by atoms with Crippen LogP contribution < -0.4 is 15.6 Å². The normalized spacial score (nSPS) is 10.7. The van der Waals surface area contributed by atoms with Crippen molar-refractivity contribution < 1.29 is 32.7 Å². The third kappa shape index (κ3) is 5.33. The Morgan fingerprint density at radius 3 is 2.42 bits per heavy atom. The van der Waals surface area contributed by atoms with Gasteiger partial charge in [0, 0.05) is 0 Å². The van der Waals surface area contributed by atoms with Crippen molar-refractivity contribution in [3.05, 3.63) is 54.2 Å². The molecule has 0 saturated heterocycles. The highest BCUT2D eigenvalue weighted by atomic mass is 19.1. The summed E-state index contributed by atoms with van der Waals surface area (Å²) in [6, 6.07) is 8.03. The summed E-state index contributed by atoms with van der Waals surface area (Å²) in [5.41, 5.74) is 2.77. The fraction of sp³-hybridized carbons (Fsp3) is 0.235. The Kier molecular flexibility index (Phi) is 5.94. The zero-order valence-corrected chi connectivity index (χ0v) is 14.1. The van der Waals surface area contributed by atoms with Crippen molar-refractivity contribution in [3.63, 3.8) is 0 Å². The van der Waals surface area contributed by atoms with Crippen LogP contribution in [0.4, 0.5) is 4.39 Å². The lowest BCUT2D eigenvalue weighted by Gasteiger charge is -2.24. The Balaban J connectivity index is 1.78. The van der Waals surface area contributed by atoms with E-state index in [2.05, 4.69) is 10.9 Å². The van der Waals surface area contributed by atoms with Crippen molar-refractivity contribution in [3.8, 4) is 5.75 Å². The molecule has 0 spiro atoms. The first kappa shape index (κ1) is 19.0. The first-order valence-electron chi connectivity index (χ1n) is 7.52. The van der Waals surface area contributed by atoms with E-state index in [9.17, 15) is 18.8 Å². The zero-order valence-electron chi connectivity index (χ0n) is 14.1. The molecule has 2 aromatic rings. The summed E-state index contributed by atoms with van der Waals surface area (Å²) in [6.45, 7) is 2.25. The van der Waals surface area contributed by atoms with Gasteiger partial charge in [0.2, 0.25) is 0 Å². The van der Waals surface area contributed by atoms with Crippen LogP contribution in [0.25, 0.3) is 0 Å². The molecule has 1 aromatic heterocycles. The number of esters is 1.